The number of ether oxygens (including phenoxy) is 2. The summed E-state index contributed by atoms with van der Waals surface area (Å²) in [5.74, 6) is 0.231. The number of methoxy groups -OCH3 is 1. The molecule has 6 nitrogen and oxygen atoms in total. The van der Waals surface area contributed by atoms with E-state index >= 15 is 0 Å². The largest absolute Gasteiger partial charge is 0.377 e. The number of amides is 1. The van der Waals surface area contributed by atoms with Gasteiger partial charge in [0.15, 0.2) is 11.5 Å². The molecule has 1 N–H and O–H groups in total. The number of carbonyl (C=O) groups excluding carboxylic acids is 1. The van der Waals surface area contributed by atoms with Crippen molar-refractivity contribution in [3.63, 3.8) is 0 Å². The summed E-state index contributed by atoms with van der Waals surface area (Å²) in [7, 11) is 1.55. The van der Waals surface area contributed by atoms with Crippen LogP contribution in [0.1, 0.15) is 21.8 Å². The van der Waals surface area contributed by atoms with Gasteiger partial charge in [0.2, 0.25) is 0 Å². The van der Waals surface area contributed by atoms with Crippen LogP contribution in [0.4, 0.5) is 0 Å². The Morgan fingerprint density at radius 3 is 2.76 bits per heavy atom. The first kappa shape index (κ1) is 13.8. The first-order valence-corrected chi connectivity index (χ1v) is 6.64. The number of nitrogens with zero attached hydrogens (tertiary/aromatic N) is 1. The normalized spacial score (nSPS) is 16.2. The van der Waals surface area contributed by atoms with Crippen molar-refractivity contribution < 1.29 is 18.8 Å². The van der Waals surface area contributed by atoms with E-state index in [1.54, 1.807) is 13.2 Å². The molecule has 1 aromatic heterocycles. The highest BCUT2D eigenvalue weighted by molar-refractivity contribution is 5.93. The molecule has 1 aromatic carbocycles. The minimum Gasteiger partial charge on any atom is -0.377 e. The van der Waals surface area contributed by atoms with Crippen LogP contribution in [0.15, 0.2) is 40.9 Å². The molecule has 1 amide bonds. The van der Waals surface area contributed by atoms with E-state index in [4.69, 9.17) is 14.0 Å². The van der Waals surface area contributed by atoms with Crippen LogP contribution in [0.25, 0.3) is 0 Å². The predicted molar refractivity (Wildman–Crippen MR) is 73.6 cm³/mol. The Hall–Kier alpha value is -2.18. The van der Waals surface area contributed by atoms with E-state index in [1.807, 2.05) is 30.3 Å². The van der Waals surface area contributed by atoms with Gasteiger partial charge in [-0.15, -0.1) is 0 Å². The van der Waals surface area contributed by atoms with Crippen molar-refractivity contribution in [1.29, 1.82) is 0 Å². The van der Waals surface area contributed by atoms with Crippen LogP contribution in [0.5, 0.6) is 0 Å². The molecule has 3 rings (SSSR count). The average Bonchev–Trinajstić information content (AvgIpc) is 2.93. The summed E-state index contributed by atoms with van der Waals surface area (Å²) in [5, 5.41) is 6.75. The molecule has 1 saturated heterocycles. The Morgan fingerprint density at radius 1 is 1.38 bits per heavy atom. The molecule has 1 aliphatic heterocycles. The maximum absolute atomic E-state index is 12.3. The van der Waals surface area contributed by atoms with Gasteiger partial charge in [-0.25, -0.2) is 0 Å². The van der Waals surface area contributed by atoms with Crippen molar-refractivity contribution >= 4 is 5.91 Å². The van der Waals surface area contributed by atoms with Crippen molar-refractivity contribution in [1.82, 2.24) is 10.5 Å². The fourth-order valence-corrected chi connectivity index (χ4v) is 2.29. The molecule has 0 aliphatic carbocycles. The number of rotatable bonds is 5. The fraction of sp³-hybridized carbons (Fsp3) is 0.333. The van der Waals surface area contributed by atoms with E-state index < -0.39 is 5.54 Å². The lowest BCUT2D eigenvalue weighted by atomic mass is 9.88. The van der Waals surface area contributed by atoms with E-state index in [-0.39, 0.29) is 18.2 Å². The summed E-state index contributed by atoms with van der Waals surface area (Å²) >= 11 is 0. The van der Waals surface area contributed by atoms with Crippen LogP contribution in [0.3, 0.4) is 0 Å². The van der Waals surface area contributed by atoms with Gasteiger partial charge < -0.3 is 19.3 Å². The van der Waals surface area contributed by atoms with Gasteiger partial charge in [0.1, 0.15) is 12.1 Å². The van der Waals surface area contributed by atoms with Crippen molar-refractivity contribution in [2.75, 3.05) is 20.3 Å². The first-order chi connectivity index (χ1) is 10.2. The van der Waals surface area contributed by atoms with Gasteiger partial charge in [-0.3, -0.25) is 4.79 Å². The Bertz CT molecular complexity index is 620. The molecular formula is C15H16N2O4. The standard InChI is InChI=1S/C15H16N2O4/c1-19-8-12-7-13(17-21-12)14(18)16-15(9-20-10-15)11-5-3-2-4-6-11/h2-7H,8-10H2,1H3,(H,16,18). The van der Waals surface area contributed by atoms with Gasteiger partial charge in [0.05, 0.1) is 13.2 Å². The fourth-order valence-electron chi connectivity index (χ4n) is 2.29. The molecule has 0 radical (unpaired) electrons. The monoisotopic (exact) mass is 288 g/mol. The van der Waals surface area contributed by atoms with Crippen LogP contribution < -0.4 is 5.32 Å². The summed E-state index contributed by atoms with van der Waals surface area (Å²) in [6.45, 7) is 1.18. The number of nitrogens with one attached hydrogen (secondary N) is 1. The van der Waals surface area contributed by atoms with Crippen molar-refractivity contribution in [2.24, 2.45) is 0 Å². The lowest BCUT2D eigenvalue weighted by Gasteiger charge is -2.42. The van der Waals surface area contributed by atoms with Crippen molar-refractivity contribution in [3.05, 3.63) is 53.4 Å². The number of benzene rings is 1. The molecule has 110 valence electrons. The maximum atomic E-state index is 12.3. The maximum Gasteiger partial charge on any atom is 0.274 e. The lowest BCUT2D eigenvalue weighted by Crippen LogP contribution is -2.59. The second-order valence-corrected chi connectivity index (χ2v) is 5.01. The summed E-state index contributed by atoms with van der Waals surface area (Å²) in [6, 6.07) is 11.3. The van der Waals surface area contributed by atoms with Crippen molar-refractivity contribution in [3.8, 4) is 0 Å². The van der Waals surface area contributed by atoms with E-state index in [9.17, 15) is 4.79 Å². The first-order valence-electron chi connectivity index (χ1n) is 6.64. The zero-order valence-electron chi connectivity index (χ0n) is 11.7. The third-order valence-electron chi connectivity index (χ3n) is 3.45. The SMILES string of the molecule is COCc1cc(C(=O)NC2(c3ccccc3)COC2)no1. The highest BCUT2D eigenvalue weighted by Gasteiger charge is 2.42. The van der Waals surface area contributed by atoms with Crippen LogP contribution in [0.2, 0.25) is 0 Å². The van der Waals surface area contributed by atoms with Crippen LogP contribution in [-0.4, -0.2) is 31.4 Å². The minimum atomic E-state index is -0.487. The smallest absolute Gasteiger partial charge is 0.274 e. The van der Waals surface area contributed by atoms with Gasteiger partial charge in [0, 0.05) is 13.2 Å². The highest BCUT2D eigenvalue weighted by Crippen LogP contribution is 2.29. The summed E-state index contributed by atoms with van der Waals surface area (Å²) in [6.07, 6.45) is 0. The second kappa shape index (κ2) is 5.67. The number of aromatic nitrogens is 1. The average molecular weight is 288 g/mol. The molecule has 0 atom stereocenters. The quantitative estimate of drug-likeness (QED) is 0.902. The molecule has 0 unspecified atom stereocenters. The van der Waals surface area contributed by atoms with Gasteiger partial charge in [-0.1, -0.05) is 35.5 Å². The highest BCUT2D eigenvalue weighted by atomic mass is 16.5. The Kier molecular flexibility index (Phi) is 3.72. The number of hydrogen-bond donors (Lipinski definition) is 1. The predicted octanol–water partition coefficient (Wildman–Crippen LogP) is 1.48. The molecule has 0 saturated carbocycles. The minimum absolute atomic E-state index is 0.240. The molecule has 0 spiro atoms. The molecule has 1 fully saturated rings. The Balaban J connectivity index is 1.76. The molecule has 21 heavy (non-hydrogen) atoms. The molecule has 2 aromatic rings. The zero-order valence-corrected chi connectivity index (χ0v) is 11.7. The Labute approximate surface area is 122 Å². The summed E-state index contributed by atoms with van der Waals surface area (Å²) < 4.78 is 15.3. The van der Waals surface area contributed by atoms with Crippen LogP contribution in [-0.2, 0) is 21.6 Å². The second-order valence-electron chi connectivity index (χ2n) is 5.01. The molecule has 2 heterocycles. The molecule has 6 heteroatoms. The van der Waals surface area contributed by atoms with Gasteiger partial charge in [0.25, 0.3) is 5.91 Å². The third kappa shape index (κ3) is 2.68. The van der Waals surface area contributed by atoms with E-state index in [1.165, 1.54) is 0 Å². The topological polar surface area (TPSA) is 73.6 Å². The zero-order chi connectivity index (χ0) is 14.7. The molecular weight excluding hydrogens is 272 g/mol. The molecule has 1 aliphatic rings. The van der Waals surface area contributed by atoms with E-state index in [2.05, 4.69) is 10.5 Å². The van der Waals surface area contributed by atoms with E-state index in [0.29, 0.717) is 19.0 Å². The Morgan fingerprint density at radius 2 is 2.14 bits per heavy atom. The van der Waals surface area contributed by atoms with Gasteiger partial charge in [-0.05, 0) is 5.56 Å². The van der Waals surface area contributed by atoms with Gasteiger partial charge in [-0.2, -0.15) is 0 Å². The van der Waals surface area contributed by atoms with E-state index in [0.717, 1.165) is 5.56 Å². The summed E-state index contributed by atoms with van der Waals surface area (Å²) in [4.78, 5) is 12.3. The molecule has 0 bridgehead atoms. The third-order valence-corrected chi connectivity index (χ3v) is 3.45. The van der Waals surface area contributed by atoms with Gasteiger partial charge >= 0.3 is 0 Å². The van der Waals surface area contributed by atoms with Crippen LogP contribution in [0, 0.1) is 0 Å². The lowest BCUT2D eigenvalue weighted by molar-refractivity contribution is -0.0734. The van der Waals surface area contributed by atoms with Crippen molar-refractivity contribution in [2.45, 2.75) is 12.1 Å². The summed E-state index contributed by atoms with van der Waals surface area (Å²) in [5.41, 5.74) is 0.771. The van der Waals surface area contributed by atoms with Crippen LogP contribution >= 0.6 is 0 Å². The number of hydrogen-bond acceptors (Lipinski definition) is 5. The number of carbonyl (C=O) groups is 1.